The van der Waals surface area contributed by atoms with Crippen molar-refractivity contribution < 1.29 is 9.21 Å². The molecule has 1 aliphatic rings. The van der Waals surface area contributed by atoms with Crippen molar-refractivity contribution in [3.05, 3.63) is 51.9 Å². The molecule has 1 atom stereocenters. The molecule has 0 spiro atoms. The first kappa shape index (κ1) is 14.2. The number of furan rings is 1. The standard InChI is InChI=1S/C16H17ClN2O2/c1-3-18-16(11-4-9(2)21-8-11)12-5-10-6-15(20)19-14(10)7-13(12)17/h4-5,7-8,16,18H,3,6H2,1-2H3,(H,19,20). The Balaban J connectivity index is 2.04. The zero-order valence-electron chi connectivity index (χ0n) is 12.0. The van der Waals surface area contributed by atoms with Gasteiger partial charge in [-0.05, 0) is 42.8 Å². The molecule has 2 heterocycles. The van der Waals surface area contributed by atoms with Gasteiger partial charge in [0, 0.05) is 16.3 Å². The number of amides is 1. The highest BCUT2D eigenvalue weighted by molar-refractivity contribution is 6.32. The highest BCUT2D eigenvalue weighted by atomic mass is 35.5. The van der Waals surface area contributed by atoms with Gasteiger partial charge in [0.05, 0.1) is 18.7 Å². The summed E-state index contributed by atoms with van der Waals surface area (Å²) < 4.78 is 5.41. The summed E-state index contributed by atoms with van der Waals surface area (Å²) in [5.74, 6) is 0.874. The quantitative estimate of drug-likeness (QED) is 0.910. The predicted octanol–water partition coefficient (Wildman–Crippen LogP) is 3.43. The fraction of sp³-hybridized carbons (Fsp3) is 0.312. The Morgan fingerprint density at radius 2 is 2.24 bits per heavy atom. The molecule has 0 saturated heterocycles. The number of carbonyl (C=O) groups is 1. The summed E-state index contributed by atoms with van der Waals surface area (Å²) in [6, 6.07) is 5.79. The summed E-state index contributed by atoms with van der Waals surface area (Å²) in [4.78, 5) is 11.5. The zero-order chi connectivity index (χ0) is 15.0. The van der Waals surface area contributed by atoms with Gasteiger partial charge in [0.2, 0.25) is 5.91 Å². The lowest BCUT2D eigenvalue weighted by atomic mass is 9.97. The van der Waals surface area contributed by atoms with Gasteiger partial charge in [0.25, 0.3) is 0 Å². The second kappa shape index (κ2) is 5.54. The van der Waals surface area contributed by atoms with Gasteiger partial charge < -0.3 is 15.1 Å². The van der Waals surface area contributed by atoms with Crippen molar-refractivity contribution in [1.29, 1.82) is 0 Å². The minimum Gasteiger partial charge on any atom is -0.469 e. The third-order valence-corrected chi connectivity index (χ3v) is 3.98. The summed E-state index contributed by atoms with van der Waals surface area (Å²) in [5, 5.41) is 6.88. The highest BCUT2D eigenvalue weighted by Crippen LogP contribution is 2.35. The smallest absolute Gasteiger partial charge is 0.228 e. The number of benzene rings is 1. The Hall–Kier alpha value is -1.78. The van der Waals surface area contributed by atoms with Crippen molar-refractivity contribution in [3.63, 3.8) is 0 Å². The average molecular weight is 305 g/mol. The number of hydrogen-bond acceptors (Lipinski definition) is 3. The average Bonchev–Trinajstić information content (AvgIpc) is 3.00. The topological polar surface area (TPSA) is 54.3 Å². The van der Waals surface area contributed by atoms with Crippen LogP contribution in [0.2, 0.25) is 5.02 Å². The molecular formula is C16H17ClN2O2. The maximum Gasteiger partial charge on any atom is 0.228 e. The number of carbonyl (C=O) groups excluding carboxylic acids is 1. The molecule has 3 rings (SSSR count). The van der Waals surface area contributed by atoms with Crippen LogP contribution in [0, 0.1) is 6.92 Å². The van der Waals surface area contributed by atoms with Crippen molar-refractivity contribution in [2.75, 3.05) is 11.9 Å². The molecule has 0 aliphatic carbocycles. The second-order valence-corrected chi connectivity index (χ2v) is 5.64. The predicted molar refractivity (Wildman–Crippen MR) is 82.8 cm³/mol. The Labute approximate surface area is 128 Å². The number of fused-ring (bicyclic) bond motifs is 1. The molecule has 5 heteroatoms. The van der Waals surface area contributed by atoms with Crippen molar-refractivity contribution in [2.45, 2.75) is 26.3 Å². The molecule has 21 heavy (non-hydrogen) atoms. The van der Waals surface area contributed by atoms with E-state index in [1.54, 1.807) is 6.26 Å². The van der Waals surface area contributed by atoms with Crippen LogP contribution in [-0.4, -0.2) is 12.5 Å². The Kier molecular flexibility index (Phi) is 3.74. The van der Waals surface area contributed by atoms with Gasteiger partial charge in [0.15, 0.2) is 0 Å². The lowest BCUT2D eigenvalue weighted by Gasteiger charge is -2.19. The number of nitrogens with one attached hydrogen (secondary N) is 2. The number of rotatable bonds is 4. The third kappa shape index (κ3) is 2.69. The van der Waals surface area contributed by atoms with Crippen molar-refractivity contribution in [3.8, 4) is 0 Å². The van der Waals surface area contributed by atoms with E-state index in [4.69, 9.17) is 16.0 Å². The van der Waals surface area contributed by atoms with Crippen LogP contribution in [-0.2, 0) is 11.2 Å². The first-order valence-corrected chi connectivity index (χ1v) is 7.37. The molecule has 4 nitrogen and oxygen atoms in total. The van der Waals surface area contributed by atoms with Crippen LogP contribution in [0.5, 0.6) is 0 Å². The van der Waals surface area contributed by atoms with E-state index in [-0.39, 0.29) is 11.9 Å². The van der Waals surface area contributed by atoms with Crippen molar-refractivity contribution in [1.82, 2.24) is 5.32 Å². The molecule has 1 aliphatic heterocycles. The summed E-state index contributed by atoms with van der Waals surface area (Å²) >= 11 is 6.42. The van der Waals surface area contributed by atoms with E-state index in [0.717, 1.165) is 34.7 Å². The van der Waals surface area contributed by atoms with Gasteiger partial charge in [-0.1, -0.05) is 18.5 Å². The third-order valence-electron chi connectivity index (χ3n) is 3.65. The molecule has 1 amide bonds. The molecule has 1 aromatic heterocycles. The molecule has 0 radical (unpaired) electrons. The van der Waals surface area contributed by atoms with Gasteiger partial charge >= 0.3 is 0 Å². The van der Waals surface area contributed by atoms with Crippen molar-refractivity contribution >= 4 is 23.2 Å². The lowest BCUT2D eigenvalue weighted by molar-refractivity contribution is -0.115. The summed E-state index contributed by atoms with van der Waals surface area (Å²) in [6.07, 6.45) is 2.15. The van der Waals surface area contributed by atoms with Crippen LogP contribution >= 0.6 is 11.6 Å². The molecule has 1 unspecified atom stereocenters. The summed E-state index contributed by atoms with van der Waals surface area (Å²) in [7, 11) is 0. The molecule has 2 aromatic rings. The Bertz CT molecular complexity index is 694. The van der Waals surface area contributed by atoms with Gasteiger partial charge in [-0.2, -0.15) is 0 Å². The molecule has 0 fully saturated rings. The van der Waals surface area contributed by atoms with Crippen LogP contribution < -0.4 is 10.6 Å². The molecular weight excluding hydrogens is 288 g/mol. The normalized spacial score (nSPS) is 14.9. The first-order valence-electron chi connectivity index (χ1n) is 6.99. The zero-order valence-corrected chi connectivity index (χ0v) is 12.8. The number of halogens is 1. The van der Waals surface area contributed by atoms with Gasteiger partial charge in [0.1, 0.15) is 5.76 Å². The van der Waals surface area contributed by atoms with Crippen LogP contribution in [0.1, 0.15) is 35.4 Å². The molecule has 110 valence electrons. The van der Waals surface area contributed by atoms with E-state index in [9.17, 15) is 4.79 Å². The van der Waals surface area contributed by atoms with E-state index in [1.165, 1.54) is 0 Å². The van der Waals surface area contributed by atoms with E-state index in [0.29, 0.717) is 11.4 Å². The molecule has 0 saturated carbocycles. The highest BCUT2D eigenvalue weighted by Gasteiger charge is 2.24. The Morgan fingerprint density at radius 1 is 1.43 bits per heavy atom. The van der Waals surface area contributed by atoms with E-state index in [1.807, 2.05) is 32.0 Å². The molecule has 0 bridgehead atoms. The van der Waals surface area contributed by atoms with E-state index >= 15 is 0 Å². The fourth-order valence-electron chi connectivity index (χ4n) is 2.71. The van der Waals surface area contributed by atoms with Crippen LogP contribution in [0.4, 0.5) is 5.69 Å². The molecule has 1 aromatic carbocycles. The maximum atomic E-state index is 11.5. The SMILES string of the molecule is CCNC(c1coc(C)c1)c1cc2c(cc1Cl)NC(=O)C2. The van der Waals surface area contributed by atoms with Gasteiger partial charge in [-0.3, -0.25) is 4.79 Å². The van der Waals surface area contributed by atoms with Gasteiger partial charge in [-0.25, -0.2) is 0 Å². The first-order chi connectivity index (χ1) is 10.1. The fourth-order valence-corrected chi connectivity index (χ4v) is 2.99. The maximum absolute atomic E-state index is 11.5. The van der Waals surface area contributed by atoms with Crippen molar-refractivity contribution in [2.24, 2.45) is 0 Å². The number of hydrogen-bond donors (Lipinski definition) is 2. The second-order valence-electron chi connectivity index (χ2n) is 5.24. The minimum atomic E-state index is -0.0408. The summed E-state index contributed by atoms with van der Waals surface area (Å²) in [6.45, 7) is 4.77. The van der Waals surface area contributed by atoms with Crippen LogP contribution in [0.25, 0.3) is 0 Å². The molecule has 2 N–H and O–H groups in total. The largest absolute Gasteiger partial charge is 0.469 e. The van der Waals surface area contributed by atoms with Gasteiger partial charge in [-0.15, -0.1) is 0 Å². The number of anilines is 1. The minimum absolute atomic E-state index is 0.0115. The Morgan fingerprint density at radius 3 is 2.90 bits per heavy atom. The monoisotopic (exact) mass is 304 g/mol. The van der Waals surface area contributed by atoms with E-state index < -0.39 is 0 Å². The lowest BCUT2D eigenvalue weighted by Crippen LogP contribution is -2.22. The summed E-state index contributed by atoms with van der Waals surface area (Å²) in [5.41, 5.74) is 3.80. The number of aryl methyl sites for hydroxylation is 1. The van der Waals surface area contributed by atoms with E-state index in [2.05, 4.69) is 10.6 Å². The van der Waals surface area contributed by atoms with Crippen LogP contribution in [0.15, 0.2) is 28.9 Å². The van der Waals surface area contributed by atoms with Crippen LogP contribution in [0.3, 0.4) is 0 Å².